The number of pyridine rings is 2. The van der Waals surface area contributed by atoms with Crippen molar-refractivity contribution in [2.24, 2.45) is 11.7 Å². The van der Waals surface area contributed by atoms with Crippen molar-refractivity contribution in [1.82, 2.24) is 46.8 Å². The van der Waals surface area contributed by atoms with E-state index in [-0.39, 0.29) is 109 Å². The molecule has 29 heteroatoms. The molecule has 524 valence electrons. The van der Waals surface area contributed by atoms with Crippen LogP contribution in [0.4, 0.5) is 24.5 Å². The molecule has 11 N–H and O–H groups in total. The van der Waals surface area contributed by atoms with E-state index in [1.165, 1.54) is 10.6 Å². The number of alkyl carbamates (subject to hydrolysis) is 2. The first-order valence-corrected chi connectivity index (χ1v) is 32.8. The number of hydrogen-bond donors (Lipinski definition) is 10. The number of nitrogens with zero attached hydrogens (tertiary/aromatic N) is 2. The zero-order valence-electron chi connectivity index (χ0n) is 55.2. The third kappa shape index (κ3) is 16.8. The molecule has 4 aliphatic rings. The number of aliphatic hydroxyl groups is 1. The first kappa shape index (κ1) is 71.4. The lowest BCUT2D eigenvalue weighted by Crippen LogP contribution is -2.54. The molecular weight excluding hydrogens is 1290 g/mol. The number of ether oxygens (including phenoxy) is 6. The van der Waals surface area contributed by atoms with Crippen molar-refractivity contribution in [1.29, 1.82) is 0 Å². The fourth-order valence-electron chi connectivity index (χ4n) is 12.7. The second-order valence-corrected chi connectivity index (χ2v) is 24.7. The highest BCUT2D eigenvalue weighted by Crippen LogP contribution is 2.47. The van der Waals surface area contributed by atoms with Crippen LogP contribution in [-0.4, -0.2) is 146 Å². The maximum absolute atomic E-state index is 15.4. The summed E-state index contributed by atoms with van der Waals surface area (Å²) in [7, 11) is 0. The van der Waals surface area contributed by atoms with Gasteiger partial charge in [-0.25, -0.2) is 28.6 Å². The molecule has 4 aromatic carbocycles. The van der Waals surface area contributed by atoms with Crippen LogP contribution in [0.25, 0.3) is 33.4 Å². The molecule has 2 aliphatic heterocycles. The van der Waals surface area contributed by atoms with Gasteiger partial charge in [-0.1, -0.05) is 81.4 Å². The number of fused-ring (bicyclic) bond motifs is 8. The summed E-state index contributed by atoms with van der Waals surface area (Å²) in [5.74, 6) is -4.71. The number of urea groups is 1. The molecular formula is C70H80FN11O17. The first-order chi connectivity index (χ1) is 47.6. The number of hydrogen-bond acceptors (Lipinski definition) is 18. The summed E-state index contributed by atoms with van der Waals surface area (Å²) in [4.78, 5) is 135. The molecule has 0 saturated carbocycles. The number of anilines is 1. The highest BCUT2D eigenvalue weighted by Gasteiger charge is 2.46. The van der Waals surface area contributed by atoms with Gasteiger partial charge in [0.1, 0.15) is 57.6 Å². The fraction of sp³-hybridized carbons (Fsp3) is 0.414. The van der Waals surface area contributed by atoms with Gasteiger partial charge in [-0.3, -0.25) is 28.8 Å². The van der Waals surface area contributed by atoms with Gasteiger partial charge < -0.3 is 86.4 Å². The van der Waals surface area contributed by atoms with Gasteiger partial charge in [0.05, 0.1) is 61.5 Å². The number of primary amides is 1. The molecule has 0 saturated heterocycles. The molecule has 0 unspecified atom stereocenters. The monoisotopic (exact) mass is 1370 g/mol. The second kappa shape index (κ2) is 32.3. The smallest absolute Gasteiger partial charge is 0.407 e. The zero-order chi connectivity index (χ0) is 70.5. The number of benzene rings is 4. The molecule has 0 radical (unpaired) electrons. The summed E-state index contributed by atoms with van der Waals surface area (Å²) < 4.78 is 49.5. The Balaban J connectivity index is 0.614. The van der Waals surface area contributed by atoms with Gasteiger partial charge in [0.15, 0.2) is 5.60 Å². The predicted octanol–water partition coefficient (Wildman–Crippen LogP) is 4.62. The molecule has 4 atom stereocenters. The number of carbonyl (C=O) groups is 9. The molecule has 2 aromatic heterocycles. The summed E-state index contributed by atoms with van der Waals surface area (Å²) >= 11 is 0. The van der Waals surface area contributed by atoms with Crippen molar-refractivity contribution in [3.05, 3.63) is 151 Å². The van der Waals surface area contributed by atoms with E-state index >= 15 is 4.39 Å². The molecule has 0 bridgehead atoms. The summed E-state index contributed by atoms with van der Waals surface area (Å²) in [5.41, 5.74) is 11.7. The number of aromatic nitrogens is 2. The molecule has 0 spiro atoms. The van der Waals surface area contributed by atoms with Crippen LogP contribution in [0.5, 0.6) is 0 Å². The molecule has 9 amide bonds. The quantitative estimate of drug-likeness (QED) is 0.0123. The second-order valence-electron chi connectivity index (χ2n) is 24.7. The maximum Gasteiger partial charge on any atom is 0.407 e. The van der Waals surface area contributed by atoms with E-state index in [0.29, 0.717) is 63.1 Å². The van der Waals surface area contributed by atoms with Gasteiger partial charge in [-0.05, 0) is 108 Å². The molecule has 0 fully saturated rings. The average Bonchev–Trinajstić information content (AvgIpc) is 1.55. The Morgan fingerprint density at radius 3 is 2.20 bits per heavy atom. The number of nitrogens with two attached hydrogens (primary N) is 1. The average molecular weight is 1370 g/mol. The number of aryl methyl sites for hydroxylation is 1. The van der Waals surface area contributed by atoms with Gasteiger partial charge in [0.25, 0.3) is 5.56 Å². The summed E-state index contributed by atoms with van der Waals surface area (Å²) in [6.45, 7) is 5.92. The minimum absolute atomic E-state index is 0.0238. The maximum atomic E-state index is 15.4. The SMILES string of the molecule is CC[C@@]1(O)C(=O)OCc2c1cc1n(c2=O)Cc2c-1nc1cc(F)c(C)c3c1c2[C@@H](NC(=O)COCNC(=O)CNC(=O)OCc1ccc(NC(=O)[C@H](CCCNC(N)=O)NC(=O)[C@@H](NC(=O)CCOCCOCCNC(=O)OCC2c4ccccc4-c4ccccc42)C(C)C)cc1)CC3. The van der Waals surface area contributed by atoms with Crippen molar-refractivity contribution in [3.63, 3.8) is 0 Å². The number of halogens is 1. The highest BCUT2D eigenvalue weighted by atomic mass is 19.1. The Kier molecular flexibility index (Phi) is 23.3. The summed E-state index contributed by atoms with van der Waals surface area (Å²) in [6.07, 6.45) is -0.541. The van der Waals surface area contributed by atoms with E-state index in [2.05, 4.69) is 54.7 Å². The Bertz CT molecular complexity index is 4100. The minimum Gasteiger partial charge on any atom is -0.458 e. The molecule has 4 heterocycles. The predicted molar refractivity (Wildman–Crippen MR) is 355 cm³/mol. The van der Waals surface area contributed by atoms with Crippen LogP contribution in [0.2, 0.25) is 0 Å². The molecule has 10 rings (SSSR count). The van der Waals surface area contributed by atoms with Gasteiger partial charge in [-0.2, -0.15) is 0 Å². The van der Waals surface area contributed by atoms with Crippen LogP contribution in [0.3, 0.4) is 0 Å². The summed E-state index contributed by atoms with van der Waals surface area (Å²) in [6, 6.07) is 21.7. The summed E-state index contributed by atoms with van der Waals surface area (Å²) in [5, 5.41) is 33.2. The van der Waals surface area contributed by atoms with E-state index in [1.54, 1.807) is 58.0 Å². The normalized spacial score (nSPS) is 15.9. The topological polar surface area (TPSA) is 386 Å². The van der Waals surface area contributed by atoms with Gasteiger partial charge in [0.2, 0.25) is 29.5 Å². The Labute approximate surface area is 568 Å². The van der Waals surface area contributed by atoms with E-state index < -0.39 is 115 Å². The molecule has 6 aromatic rings. The molecule has 2 aliphatic carbocycles. The van der Waals surface area contributed by atoms with Crippen LogP contribution < -0.4 is 53.8 Å². The van der Waals surface area contributed by atoms with Crippen molar-refractivity contribution in [2.45, 2.75) is 116 Å². The lowest BCUT2D eigenvalue weighted by molar-refractivity contribution is -0.172. The number of carbonyl (C=O) groups excluding carboxylic acids is 9. The number of rotatable bonds is 31. The Morgan fingerprint density at radius 2 is 1.49 bits per heavy atom. The Hall–Kier alpha value is -10.4. The molecule has 99 heavy (non-hydrogen) atoms. The molecule has 28 nitrogen and oxygen atoms in total. The van der Waals surface area contributed by atoms with Crippen molar-refractivity contribution in [2.75, 3.05) is 71.3 Å². The highest BCUT2D eigenvalue weighted by molar-refractivity contribution is 5.99. The third-order valence-corrected chi connectivity index (χ3v) is 17.9. The van der Waals surface area contributed by atoms with Gasteiger partial charge in [-0.15, -0.1) is 0 Å². The van der Waals surface area contributed by atoms with Crippen LogP contribution in [0, 0.1) is 18.7 Å². The minimum atomic E-state index is -2.06. The Morgan fingerprint density at radius 1 is 0.788 bits per heavy atom. The number of amides is 9. The lowest BCUT2D eigenvalue weighted by Gasteiger charge is -2.31. The van der Waals surface area contributed by atoms with Gasteiger partial charge >= 0.3 is 24.2 Å². The number of nitrogens with one attached hydrogen (secondary N) is 8. The van der Waals surface area contributed by atoms with Crippen LogP contribution in [-0.2, 0) is 89.0 Å². The van der Waals surface area contributed by atoms with E-state index in [9.17, 15) is 53.1 Å². The van der Waals surface area contributed by atoms with Crippen molar-refractivity contribution < 1.29 is 81.1 Å². The van der Waals surface area contributed by atoms with Gasteiger partial charge in [0, 0.05) is 53.7 Å². The van der Waals surface area contributed by atoms with Crippen LogP contribution in [0.15, 0.2) is 89.7 Å². The third-order valence-electron chi connectivity index (χ3n) is 17.9. The standard InChI is InChI=1S/C70H80FN11O17/c1-5-70(93)50-29-55-62-47(32-82(55)65(88)49(50)35-97-66(70)89)60-52(21-20-42-39(4)51(71)30-54(79-62)59(42)60)78-58(85)36-96-37-76-57(84)31-75-69(92)98-33-40-16-18-41(19-17-40)77-63(86)53(15-10-23-73-67(72)90)80-64(87)61(38(2)3)81-56(83)22-25-94-27-28-95-26-24-74-68(91)99-34-48-45-13-8-6-11-43(45)44-12-7-9-14-46(44)48/h6-9,11-14,16-19,29-30,38,48,52-53,61,93H,5,10,15,20-28,31-37H2,1-4H3,(H,74,91)(H,75,92)(H,76,84)(H,77,86)(H,78,85)(H,80,87)(H,81,83)(H3,72,73,90)/t52-,53-,61-,70-/m0/s1. The number of esters is 1. The zero-order valence-corrected chi connectivity index (χ0v) is 55.2. The number of cyclic esters (lactones) is 1. The van der Waals surface area contributed by atoms with Crippen LogP contribution >= 0.6 is 0 Å². The van der Waals surface area contributed by atoms with Crippen LogP contribution in [0.1, 0.15) is 115 Å². The van der Waals surface area contributed by atoms with Crippen molar-refractivity contribution >= 4 is 70.3 Å². The van der Waals surface area contributed by atoms with Crippen molar-refractivity contribution in [3.8, 4) is 22.5 Å². The van der Waals surface area contributed by atoms with E-state index in [4.69, 9.17) is 39.1 Å². The van der Waals surface area contributed by atoms with E-state index in [1.807, 2.05) is 36.4 Å². The van der Waals surface area contributed by atoms with E-state index in [0.717, 1.165) is 27.8 Å². The first-order valence-electron chi connectivity index (χ1n) is 32.8. The lowest BCUT2D eigenvalue weighted by atomic mass is 9.81. The largest absolute Gasteiger partial charge is 0.458 e. The fourth-order valence-corrected chi connectivity index (χ4v) is 12.7.